The third-order valence-corrected chi connectivity index (χ3v) is 13.7. The molecule has 2 aromatic carbocycles. The molecule has 0 unspecified atom stereocenters. The largest absolute Gasteiger partial charge is 0.461 e. The highest BCUT2D eigenvalue weighted by atomic mass is 35.5. The van der Waals surface area contributed by atoms with Gasteiger partial charge >= 0.3 is 6.01 Å². The second kappa shape index (κ2) is 14.2. The van der Waals surface area contributed by atoms with Crippen LogP contribution in [-0.2, 0) is 9.53 Å². The van der Waals surface area contributed by atoms with Crippen LogP contribution in [0.25, 0.3) is 32.1 Å². The number of halogens is 4. The number of likely N-dealkylation sites (tertiary alicyclic amines) is 1. The predicted molar refractivity (Wildman–Crippen MR) is 205 cm³/mol. The minimum Gasteiger partial charge on any atom is -0.461 e. The lowest BCUT2D eigenvalue weighted by molar-refractivity contribution is -0.145. The van der Waals surface area contributed by atoms with E-state index in [1.165, 1.54) is 12.1 Å². The van der Waals surface area contributed by atoms with Crippen LogP contribution in [0.15, 0.2) is 18.2 Å². The summed E-state index contributed by atoms with van der Waals surface area (Å²) in [6.45, 7) is 6.87. The van der Waals surface area contributed by atoms with Crippen molar-refractivity contribution in [2.24, 2.45) is 5.41 Å². The first-order valence-electron chi connectivity index (χ1n) is 19.0. The van der Waals surface area contributed by atoms with Crippen LogP contribution in [0.5, 0.6) is 6.01 Å². The molecule has 0 saturated carbocycles. The summed E-state index contributed by atoms with van der Waals surface area (Å²) in [6, 6.07) is 6.27. The quantitative estimate of drug-likeness (QED) is 0.238. The number of hydrogen-bond donors (Lipinski definition) is 1. The van der Waals surface area contributed by atoms with Gasteiger partial charge in [0.2, 0.25) is 5.91 Å². The highest BCUT2D eigenvalue weighted by molar-refractivity contribution is 7.23. The number of carbonyl (C=O) groups is 1. The van der Waals surface area contributed by atoms with Crippen LogP contribution in [0, 0.1) is 28.4 Å². The van der Waals surface area contributed by atoms with Crippen molar-refractivity contribution in [1.82, 2.24) is 24.7 Å². The van der Waals surface area contributed by atoms with Crippen LogP contribution in [0.2, 0.25) is 5.02 Å². The van der Waals surface area contributed by atoms with Crippen molar-refractivity contribution in [1.29, 1.82) is 5.26 Å². The van der Waals surface area contributed by atoms with E-state index in [0.29, 0.717) is 70.1 Å². The Morgan fingerprint density at radius 2 is 1.93 bits per heavy atom. The second-order valence-electron chi connectivity index (χ2n) is 15.9. The van der Waals surface area contributed by atoms with Gasteiger partial charge in [0.25, 0.3) is 0 Å². The molecular weight excluding hydrogens is 753 g/mol. The number of thiophene rings is 1. The molecule has 5 aliphatic rings. The third-order valence-electron chi connectivity index (χ3n) is 12.4. The fourth-order valence-electron chi connectivity index (χ4n) is 9.66. The molecule has 2 aromatic heterocycles. The smallest absolute Gasteiger partial charge is 0.319 e. The molecule has 0 radical (unpaired) electrons. The van der Waals surface area contributed by atoms with Crippen molar-refractivity contribution >= 4 is 60.7 Å². The molecular formula is C39H42ClF3N8O3S. The molecule has 5 aliphatic heterocycles. The number of carbonyl (C=O) groups excluding carboxylic acids is 1. The summed E-state index contributed by atoms with van der Waals surface area (Å²) < 4.78 is 58.9. The van der Waals surface area contributed by atoms with Crippen LogP contribution in [0.4, 0.5) is 24.0 Å². The zero-order valence-corrected chi connectivity index (χ0v) is 32.0. The van der Waals surface area contributed by atoms with Gasteiger partial charge in [-0.2, -0.15) is 15.2 Å². The summed E-state index contributed by atoms with van der Waals surface area (Å²) in [7, 11) is 0. The molecule has 7 heterocycles. The number of morpholine rings is 1. The number of benzene rings is 2. The standard InChI is InChI=1S/C39H42ClF3N8O3S/c40-27-14-25-33(32(43)31(27)24-4-5-28(42)34-30(24)26(16-44)35(45)55-34)46-37(54-22-39-7-3-9-51(39)17-23(41)15-39)47-36(25)49-8-2-1-6-38(19-49)20-50(21-38)29(52)18-48-10-12-53-13-11-48/h4-5,14,23H,1-3,6-13,15,17-22,45H2/t23-,39+/m1/s1. The number of aromatic nitrogens is 2. The molecule has 11 nitrogen and oxygen atoms in total. The summed E-state index contributed by atoms with van der Waals surface area (Å²) in [4.78, 5) is 31.2. The Bertz CT molecular complexity index is 2220. The Morgan fingerprint density at radius 3 is 2.73 bits per heavy atom. The van der Waals surface area contributed by atoms with Gasteiger partial charge in [-0.25, -0.2) is 13.2 Å². The highest BCUT2D eigenvalue weighted by Gasteiger charge is 2.50. The summed E-state index contributed by atoms with van der Waals surface area (Å²) in [6.07, 6.45) is 3.87. The molecule has 16 heteroatoms. The second-order valence-corrected chi connectivity index (χ2v) is 17.4. The van der Waals surface area contributed by atoms with E-state index < -0.39 is 23.3 Å². The van der Waals surface area contributed by atoms with Crippen LogP contribution < -0.4 is 15.4 Å². The van der Waals surface area contributed by atoms with Crippen molar-refractivity contribution in [2.45, 2.75) is 50.2 Å². The molecule has 1 spiro atoms. The molecule has 1 amide bonds. The molecule has 2 N–H and O–H groups in total. The van der Waals surface area contributed by atoms with Gasteiger partial charge in [0.1, 0.15) is 41.0 Å². The van der Waals surface area contributed by atoms with E-state index in [0.717, 1.165) is 63.1 Å². The van der Waals surface area contributed by atoms with E-state index in [4.69, 9.17) is 31.8 Å². The minimum atomic E-state index is -0.952. The maximum absolute atomic E-state index is 17.3. The van der Waals surface area contributed by atoms with Gasteiger partial charge in [0.15, 0.2) is 5.82 Å². The van der Waals surface area contributed by atoms with Crippen molar-refractivity contribution in [2.75, 3.05) is 89.4 Å². The number of nitrogens with zero attached hydrogens (tertiary/aromatic N) is 7. The lowest BCUT2D eigenvalue weighted by Gasteiger charge is -2.52. The number of amides is 1. The Morgan fingerprint density at radius 1 is 1.11 bits per heavy atom. The molecule has 9 rings (SSSR count). The molecule has 55 heavy (non-hydrogen) atoms. The van der Waals surface area contributed by atoms with Gasteiger partial charge in [-0.1, -0.05) is 24.1 Å². The van der Waals surface area contributed by atoms with E-state index in [1.807, 2.05) is 4.90 Å². The first-order chi connectivity index (χ1) is 26.6. The number of ether oxygens (including phenoxy) is 2. The Balaban J connectivity index is 1.10. The monoisotopic (exact) mass is 794 g/mol. The number of nitriles is 1. The van der Waals surface area contributed by atoms with Gasteiger partial charge < -0.3 is 25.0 Å². The lowest BCUT2D eigenvalue weighted by Crippen LogP contribution is -2.63. The molecule has 0 bridgehead atoms. The topological polar surface area (TPSA) is 124 Å². The van der Waals surface area contributed by atoms with Gasteiger partial charge in [-0.3, -0.25) is 14.6 Å². The van der Waals surface area contributed by atoms with Crippen LogP contribution in [0.3, 0.4) is 0 Å². The number of fused-ring (bicyclic) bond motifs is 3. The average Bonchev–Trinajstić information content (AvgIpc) is 3.73. The average molecular weight is 795 g/mol. The molecule has 2 atom stereocenters. The third kappa shape index (κ3) is 6.43. The fourth-order valence-corrected chi connectivity index (χ4v) is 10.9. The predicted octanol–water partition coefficient (Wildman–Crippen LogP) is 6.00. The minimum absolute atomic E-state index is 0.0332. The molecule has 0 aliphatic carbocycles. The number of hydrogen-bond acceptors (Lipinski definition) is 11. The Kier molecular flexibility index (Phi) is 9.48. The van der Waals surface area contributed by atoms with E-state index >= 15 is 8.78 Å². The maximum atomic E-state index is 17.3. The normalized spacial score (nSPS) is 24.3. The van der Waals surface area contributed by atoms with E-state index in [1.54, 1.807) is 6.07 Å². The van der Waals surface area contributed by atoms with Crippen molar-refractivity contribution in [3.05, 3.63) is 40.4 Å². The number of anilines is 2. The van der Waals surface area contributed by atoms with E-state index in [9.17, 15) is 14.4 Å². The SMILES string of the molecule is N#Cc1c(N)sc2c(F)ccc(-c3c(Cl)cc4c(N5CCCCC6(CN(C(=O)CN7CCOCC7)C6)C5)nc(OC[C@@]56CCCN5C[C@H](F)C6)nc4c3F)c12. The van der Waals surface area contributed by atoms with Gasteiger partial charge in [0, 0.05) is 74.0 Å². The van der Waals surface area contributed by atoms with Crippen LogP contribution >= 0.6 is 22.9 Å². The summed E-state index contributed by atoms with van der Waals surface area (Å²) in [5, 5.41) is 10.7. The zero-order valence-electron chi connectivity index (χ0n) is 30.4. The molecule has 4 aromatic rings. The first-order valence-corrected chi connectivity index (χ1v) is 20.2. The number of alkyl halides is 1. The Labute approximate surface area is 325 Å². The fraction of sp³-hybridized carbons (Fsp3) is 0.538. The summed E-state index contributed by atoms with van der Waals surface area (Å²) in [5.41, 5.74) is 5.66. The maximum Gasteiger partial charge on any atom is 0.319 e. The van der Waals surface area contributed by atoms with Crippen molar-refractivity contribution in [3.63, 3.8) is 0 Å². The highest BCUT2D eigenvalue weighted by Crippen LogP contribution is 2.47. The summed E-state index contributed by atoms with van der Waals surface area (Å²) in [5.74, 6) is -0.776. The van der Waals surface area contributed by atoms with Crippen molar-refractivity contribution < 1.29 is 27.4 Å². The first kappa shape index (κ1) is 36.7. The van der Waals surface area contributed by atoms with Crippen LogP contribution in [-0.4, -0.2) is 121 Å². The molecule has 290 valence electrons. The van der Waals surface area contributed by atoms with E-state index in [2.05, 4.69) is 25.8 Å². The van der Waals surface area contributed by atoms with Gasteiger partial charge in [-0.15, -0.1) is 11.3 Å². The van der Waals surface area contributed by atoms with E-state index in [-0.39, 0.29) is 66.3 Å². The number of nitrogens with two attached hydrogens (primary N) is 1. The zero-order chi connectivity index (χ0) is 38.1. The number of rotatable bonds is 7. The molecule has 5 saturated heterocycles. The van der Waals surface area contributed by atoms with Crippen LogP contribution in [0.1, 0.15) is 44.1 Å². The van der Waals surface area contributed by atoms with Gasteiger partial charge in [0.05, 0.1) is 40.6 Å². The Hall–Kier alpha value is -3.94. The molecule has 5 fully saturated rings. The van der Waals surface area contributed by atoms with Crippen molar-refractivity contribution in [3.8, 4) is 23.2 Å². The number of nitrogen functional groups attached to an aromatic ring is 1. The summed E-state index contributed by atoms with van der Waals surface area (Å²) >= 11 is 7.89. The lowest BCUT2D eigenvalue weighted by atomic mass is 9.75. The van der Waals surface area contributed by atoms with Gasteiger partial charge in [-0.05, 0) is 49.9 Å².